The summed E-state index contributed by atoms with van der Waals surface area (Å²) in [6, 6.07) is 22.0. The third kappa shape index (κ3) is 2.10. The minimum atomic E-state index is 1.03. The smallest absolute Gasteiger partial charge is 0.0361 e. The number of hydrogen-bond donors (Lipinski definition) is 0. The van der Waals surface area contributed by atoms with Gasteiger partial charge in [-0.15, -0.1) is 0 Å². The molecule has 1 heteroatoms. The maximum absolute atomic E-state index is 2.33. The summed E-state index contributed by atoms with van der Waals surface area (Å²) in [6.45, 7) is 0. The average molecular weight is 285 g/mol. The van der Waals surface area contributed by atoms with Crippen LogP contribution in [0.4, 0.5) is 5.69 Å². The van der Waals surface area contributed by atoms with Gasteiger partial charge < -0.3 is 4.90 Å². The largest absolute Gasteiger partial charge is 0.378 e. The van der Waals surface area contributed by atoms with Crippen LogP contribution in [-0.4, -0.2) is 14.1 Å². The van der Waals surface area contributed by atoms with Crippen molar-refractivity contribution in [3.05, 3.63) is 77.4 Å². The summed E-state index contributed by atoms with van der Waals surface area (Å²) < 4.78 is 0. The van der Waals surface area contributed by atoms with Gasteiger partial charge in [-0.2, -0.15) is 0 Å². The molecule has 0 atom stereocenters. The molecule has 3 aromatic rings. The lowest BCUT2D eigenvalue weighted by molar-refractivity contribution is 1.13. The second-order valence-electron chi connectivity index (χ2n) is 6.15. The van der Waals surface area contributed by atoms with Crippen LogP contribution in [0, 0.1) is 0 Å². The van der Waals surface area contributed by atoms with Gasteiger partial charge in [0.25, 0.3) is 0 Å². The Balaban J connectivity index is 1.78. The molecular formula is C21H19N. The highest BCUT2D eigenvalue weighted by Crippen LogP contribution is 2.38. The van der Waals surface area contributed by atoms with Crippen molar-refractivity contribution in [1.29, 1.82) is 0 Å². The van der Waals surface area contributed by atoms with Gasteiger partial charge in [0, 0.05) is 19.8 Å². The van der Waals surface area contributed by atoms with Crippen LogP contribution in [0.5, 0.6) is 0 Å². The van der Waals surface area contributed by atoms with Crippen LogP contribution in [-0.2, 0) is 6.42 Å². The zero-order chi connectivity index (χ0) is 15.1. The molecule has 0 saturated carbocycles. The van der Waals surface area contributed by atoms with E-state index in [0.29, 0.717) is 0 Å². The summed E-state index contributed by atoms with van der Waals surface area (Å²) >= 11 is 0. The zero-order valence-electron chi connectivity index (χ0n) is 13.0. The van der Waals surface area contributed by atoms with E-state index in [9.17, 15) is 0 Å². The minimum Gasteiger partial charge on any atom is -0.378 e. The Kier molecular flexibility index (Phi) is 3.00. The van der Waals surface area contributed by atoms with Crippen LogP contribution < -0.4 is 4.90 Å². The molecule has 3 aromatic carbocycles. The van der Waals surface area contributed by atoms with E-state index in [-0.39, 0.29) is 0 Å². The average Bonchev–Trinajstić information content (AvgIpc) is 2.88. The molecule has 0 amide bonds. The van der Waals surface area contributed by atoms with Gasteiger partial charge in [-0.1, -0.05) is 54.6 Å². The van der Waals surface area contributed by atoms with Crippen molar-refractivity contribution >= 4 is 28.1 Å². The number of hydrogen-bond acceptors (Lipinski definition) is 1. The van der Waals surface area contributed by atoms with Crippen LogP contribution in [0.15, 0.2) is 60.7 Å². The van der Waals surface area contributed by atoms with Gasteiger partial charge in [-0.25, -0.2) is 0 Å². The molecule has 22 heavy (non-hydrogen) atoms. The molecule has 0 fully saturated rings. The molecule has 0 heterocycles. The monoisotopic (exact) mass is 285 g/mol. The van der Waals surface area contributed by atoms with Crippen LogP contribution in [0.3, 0.4) is 0 Å². The van der Waals surface area contributed by atoms with Crippen molar-refractivity contribution in [3.63, 3.8) is 0 Å². The highest BCUT2D eigenvalue weighted by Gasteiger charge is 2.17. The van der Waals surface area contributed by atoms with E-state index >= 15 is 0 Å². The summed E-state index contributed by atoms with van der Waals surface area (Å²) in [7, 11) is 4.14. The predicted molar refractivity (Wildman–Crippen MR) is 96.3 cm³/mol. The molecule has 1 aliphatic rings. The van der Waals surface area contributed by atoms with Crippen molar-refractivity contribution < 1.29 is 0 Å². The number of nitrogens with zero attached hydrogens (tertiary/aromatic N) is 1. The van der Waals surface area contributed by atoms with Gasteiger partial charge in [0.15, 0.2) is 0 Å². The van der Waals surface area contributed by atoms with Gasteiger partial charge in [0.2, 0.25) is 0 Å². The van der Waals surface area contributed by atoms with E-state index in [2.05, 4.69) is 85.7 Å². The quantitative estimate of drug-likeness (QED) is 0.640. The third-order valence-electron chi connectivity index (χ3n) is 4.47. The summed E-state index contributed by atoms with van der Waals surface area (Å²) in [5.74, 6) is 0. The van der Waals surface area contributed by atoms with E-state index in [1.807, 2.05) is 0 Å². The maximum Gasteiger partial charge on any atom is 0.0361 e. The Morgan fingerprint density at radius 3 is 2.32 bits per heavy atom. The van der Waals surface area contributed by atoms with Gasteiger partial charge >= 0.3 is 0 Å². The molecule has 0 aromatic heterocycles. The number of anilines is 1. The summed E-state index contributed by atoms with van der Waals surface area (Å²) in [5, 5.41) is 2.78. The molecule has 0 radical (unpaired) electrons. The standard InChI is InChI=1S/C21H19N/c1-22(2)19-11-9-15(10-12-19)13-18-14-17-7-3-5-16-6-4-8-20(18)21(16)17/h3-13H,14H2,1-2H3. The number of rotatable bonds is 2. The van der Waals surface area contributed by atoms with Crippen molar-refractivity contribution in [3.8, 4) is 0 Å². The Morgan fingerprint density at radius 2 is 1.59 bits per heavy atom. The summed E-state index contributed by atoms with van der Waals surface area (Å²) in [4.78, 5) is 2.13. The summed E-state index contributed by atoms with van der Waals surface area (Å²) in [6.07, 6.45) is 3.36. The van der Waals surface area contributed by atoms with E-state index in [0.717, 1.165) is 6.42 Å². The molecule has 1 aliphatic carbocycles. The fraction of sp³-hybridized carbons (Fsp3) is 0.143. The van der Waals surface area contributed by atoms with Crippen molar-refractivity contribution in [1.82, 2.24) is 0 Å². The lowest BCUT2D eigenvalue weighted by Gasteiger charge is -2.12. The van der Waals surface area contributed by atoms with E-state index in [1.165, 1.54) is 38.7 Å². The Bertz CT molecular complexity index is 865. The van der Waals surface area contributed by atoms with E-state index < -0.39 is 0 Å². The fourth-order valence-electron chi connectivity index (χ4n) is 3.33. The van der Waals surface area contributed by atoms with Crippen molar-refractivity contribution in [2.75, 3.05) is 19.0 Å². The molecule has 0 spiro atoms. The minimum absolute atomic E-state index is 1.03. The summed E-state index contributed by atoms with van der Waals surface area (Å²) in [5.41, 5.74) is 6.77. The van der Waals surface area contributed by atoms with Crippen LogP contribution in [0.1, 0.15) is 16.7 Å². The lowest BCUT2D eigenvalue weighted by Crippen LogP contribution is -2.07. The molecule has 0 bridgehead atoms. The second kappa shape index (κ2) is 5.03. The molecule has 4 rings (SSSR count). The van der Waals surface area contributed by atoms with Crippen molar-refractivity contribution in [2.45, 2.75) is 6.42 Å². The Labute approximate surface area is 131 Å². The molecule has 1 nitrogen and oxygen atoms in total. The van der Waals surface area contributed by atoms with Crippen LogP contribution in [0.2, 0.25) is 0 Å². The van der Waals surface area contributed by atoms with E-state index in [1.54, 1.807) is 0 Å². The molecular weight excluding hydrogens is 266 g/mol. The molecule has 0 N–H and O–H groups in total. The SMILES string of the molecule is CN(C)c1ccc(C=C2Cc3cccc4cccc2c34)cc1. The van der Waals surface area contributed by atoms with Crippen LogP contribution >= 0.6 is 0 Å². The normalized spacial score (nSPS) is 14.7. The number of allylic oxidation sites excluding steroid dienone is 1. The number of benzene rings is 3. The van der Waals surface area contributed by atoms with Gasteiger partial charge in [0.05, 0.1) is 0 Å². The lowest BCUT2D eigenvalue weighted by atomic mass is 10.0. The Hall–Kier alpha value is -2.54. The first-order chi connectivity index (χ1) is 10.7. The highest BCUT2D eigenvalue weighted by atomic mass is 15.1. The van der Waals surface area contributed by atoms with E-state index in [4.69, 9.17) is 0 Å². The van der Waals surface area contributed by atoms with Crippen molar-refractivity contribution in [2.24, 2.45) is 0 Å². The molecule has 0 saturated heterocycles. The Morgan fingerprint density at radius 1 is 0.864 bits per heavy atom. The first-order valence-electron chi connectivity index (χ1n) is 7.71. The predicted octanol–water partition coefficient (Wildman–Crippen LogP) is 5.00. The highest BCUT2D eigenvalue weighted by molar-refractivity contribution is 6.04. The second-order valence-corrected chi connectivity index (χ2v) is 6.15. The van der Waals surface area contributed by atoms with Crippen LogP contribution in [0.25, 0.3) is 22.4 Å². The third-order valence-corrected chi connectivity index (χ3v) is 4.47. The molecule has 0 aliphatic heterocycles. The maximum atomic E-state index is 2.33. The first kappa shape index (κ1) is 13.1. The van der Waals surface area contributed by atoms with Gasteiger partial charge in [0.1, 0.15) is 0 Å². The fourth-order valence-corrected chi connectivity index (χ4v) is 3.33. The zero-order valence-corrected chi connectivity index (χ0v) is 13.0. The molecule has 0 unspecified atom stereocenters. The van der Waals surface area contributed by atoms with Gasteiger partial charge in [-0.05, 0) is 51.6 Å². The van der Waals surface area contributed by atoms with Gasteiger partial charge in [-0.3, -0.25) is 0 Å². The topological polar surface area (TPSA) is 3.24 Å². The first-order valence-corrected chi connectivity index (χ1v) is 7.71. The molecule has 108 valence electrons.